The Hall–Kier alpha value is -0.420. The van der Waals surface area contributed by atoms with E-state index < -0.39 is 7.80 Å². The molecule has 0 fully saturated rings. The Morgan fingerprint density at radius 3 is 2.57 bits per heavy atom. The minimum absolute atomic E-state index is 0.981. The molecular weight excluding hydrogens is 107 g/mol. The highest BCUT2D eigenvalue weighted by molar-refractivity contribution is 7.53. The van der Waals surface area contributed by atoms with E-state index >= 15 is 0 Å². The molecule has 0 bridgehead atoms. The van der Waals surface area contributed by atoms with Crippen molar-refractivity contribution in [2.24, 2.45) is 0 Å². The van der Waals surface area contributed by atoms with Gasteiger partial charge in [-0.15, -0.1) is 0 Å². The molecule has 7 heavy (non-hydrogen) atoms. The Kier molecular flexibility index (Phi) is 1.07. The van der Waals surface area contributed by atoms with Gasteiger partial charge in [-0.1, -0.05) is 4.57 Å². The SMILES string of the molecule is CC1=CC=C[P+]1=O. The Balaban J connectivity index is 2.89. The molecule has 1 nitrogen and oxygen atoms in total. The maximum absolute atomic E-state index is 10.6. The summed E-state index contributed by atoms with van der Waals surface area (Å²) in [5.41, 5.74) is 0. The molecule has 1 aliphatic heterocycles. The first kappa shape index (κ1) is 4.73. The van der Waals surface area contributed by atoms with Crippen molar-refractivity contribution in [2.45, 2.75) is 6.92 Å². The highest BCUT2D eigenvalue weighted by Crippen LogP contribution is 2.36. The van der Waals surface area contributed by atoms with Gasteiger partial charge in [-0.05, 0) is 12.2 Å². The Morgan fingerprint density at radius 2 is 2.43 bits per heavy atom. The van der Waals surface area contributed by atoms with E-state index in [-0.39, 0.29) is 0 Å². The lowest BCUT2D eigenvalue weighted by Gasteiger charge is -1.63. The van der Waals surface area contributed by atoms with Crippen molar-refractivity contribution in [1.82, 2.24) is 0 Å². The van der Waals surface area contributed by atoms with Gasteiger partial charge < -0.3 is 0 Å². The first-order valence-corrected chi connectivity index (χ1v) is 3.45. The maximum atomic E-state index is 10.6. The van der Waals surface area contributed by atoms with Crippen LogP contribution in [0.3, 0.4) is 0 Å². The lowest BCUT2D eigenvalue weighted by Crippen LogP contribution is -1.50. The molecule has 0 N–H and O–H groups in total. The van der Waals surface area contributed by atoms with Gasteiger partial charge in [0.1, 0.15) is 0 Å². The van der Waals surface area contributed by atoms with Crippen LogP contribution in [0.15, 0.2) is 23.3 Å². The van der Waals surface area contributed by atoms with E-state index in [1.165, 1.54) is 0 Å². The smallest absolute Gasteiger partial charge is 0.0624 e. The van der Waals surface area contributed by atoms with Gasteiger partial charge in [-0.3, -0.25) is 0 Å². The van der Waals surface area contributed by atoms with E-state index in [9.17, 15) is 4.57 Å². The fraction of sp³-hybridized carbons (Fsp3) is 0.200. The van der Waals surface area contributed by atoms with E-state index in [1.807, 2.05) is 19.1 Å². The summed E-state index contributed by atoms with van der Waals surface area (Å²) in [6.07, 6.45) is 3.70. The van der Waals surface area contributed by atoms with Gasteiger partial charge in [0.15, 0.2) is 11.1 Å². The van der Waals surface area contributed by atoms with Crippen LogP contribution < -0.4 is 0 Å². The minimum atomic E-state index is -1.10. The summed E-state index contributed by atoms with van der Waals surface area (Å²) in [5.74, 6) is 1.71. The summed E-state index contributed by atoms with van der Waals surface area (Å²) in [6.45, 7) is 1.87. The number of allylic oxidation sites excluding steroid dienone is 3. The van der Waals surface area contributed by atoms with Crippen LogP contribution >= 0.6 is 7.80 Å². The van der Waals surface area contributed by atoms with E-state index in [0.29, 0.717) is 0 Å². The lowest BCUT2D eigenvalue weighted by molar-refractivity contribution is 0.596. The van der Waals surface area contributed by atoms with Crippen molar-refractivity contribution in [1.29, 1.82) is 0 Å². The molecule has 1 unspecified atom stereocenters. The number of hydrogen-bond acceptors (Lipinski definition) is 1. The van der Waals surface area contributed by atoms with Crippen LogP contribution in [0.4, 0.5) is 0 Å². The molecule has 0 amide bonds. The van der Waals surface area contributed by atoms with Crippen LogP contribution in [0.5, 0.6) is 0 Å². The maximum Gasteiger partial charge on any atom is 0.402 e. The van der Waals surface area contributed by atoms with Gasteiger partial charge in [-0.2, -0.15) is 0 Å². The van der Waals surface area contributed by atoms with Crippen LogP contribution in [0.1, 0.15) is 6.92 Å². The summed E-state index contributed by atoms with van der Waals surface area (Å²) in [5, 5.41) is 0.981. The molecule has 1 heterocycles. The monoisotopic (exact) mass is 113 g/mol. The molecule has 0 aromatic heterocycles. The molecule has 2 heteroatoms. The molecule has 0 saturated heterocycles. The molecule has 1 rings (SSSR count). The van der Waals surface area contributed by atoms with Crippen LogP contribution in [-0.4, -0.2) is 0 Å². The first-order valence-electron chi connectivity index (χ1n) is 2.12. The quantitative estimate of drug-likeness (QED) is 0.440. The van der Waals surface area contributed by atoms with Gasteiger partial charge in [0.2, 0.25) is 0 Å². The van der Waals surface area contributed by atoms with Gasteiger partial charge >= 0.3 is 7.80 Å². The normalized spacial score (nSPS) is 23.0. The molecule has 0 aliphatic carbocycles. The second-order valence-electron chi connectivity index (χ2n) is 1.48. The van der Waals surface area contributed by atoms with Gasteiger partial charge in [0.25, 0.3) is 0 Å². The Bertz CT molecular complexity index is 155. The molecule has 1 atom stereocenters. The highest BCUT2D eigenvalue weighted by atomic mass is 31.1. The van der Waals surface area contributed by atoms with Crippen molar-refractivity contribution >= 4 is 7.80 Å². The second kappa shape index (κ2) is 1.59. The summed E-state index contributed by atoms with van der Waals surface area (Å²) in [6, 6.07) is 0. The molecule has 0 aromatic carbocycles. The zero-order valence-corrected chi connectivity index (χ0v) is 4.98. The zero-order valence-electron chi connectivity index (χ0n) is 4.09. The summed E-state index contributed by atoms with van der Waals surface area (Å²) < 4.78 is 10.6. The Morgan fingerprint density at radius 1 is 1.71 bits per heavy atom. The first-order chi connectivity index (χ1) is 3.30. The van der Waals surface area contributed by atoms with Crippen molar-refractivity contribution in [2.75, 3.05) is 0 Å². The fourth-order valence-corrected chi connectivity index (χ4v) is 1.16. The second-order valence-corrected chi connectivity index (χ2v) is 3.13. The average Bonchev–Trinajstić information content (AvgIpc) is 1.91. The standard InChI is InChI=1S/C5H6OP/c1-5-3-2-4-7(5)6/h2-4H,1H3/q+1. The van der Waals surface area contributed by atoms with Crippen molar-refractivity contribution < 1.29 is 4.57 Å². The molecule has 1 aliphatic rings. The van der Waals surface area contributed by atoms with Crippen LogP contribution in [0.2, 0.25) is 0 Å². The van der Waals surface area contributed by atoms with E-state index in [4.69, 9.17) is 0 Å². The topological polar surface area (TPSA) is 17.1 Å². The van der Waals surface area contributed by atoms with E-state index in [1.54, 1.807) is 5.82 Å². The van der Waals surface area contributed by atoms with Crippen molar-refractivity contribution in [3.63, 3.8) is 0 Å². The molecule has 0 radical (unpaired) electrons. The number of hydrogen-bond donors (Lipinski definition) is 0. The minimum Gasteiger partial charge on any atom is -0.0624 e. The largest absolute Gasteiger partial charge is 0.402 e. The predicted octanol–water partition coefficient (Wildman–Crippen LogP) is 2.24. The third kappa shape index (κ3) is 0.779. The fourth-order valence-electron chi connectivity index (χ4n) is 0.451. The highest BCUT2D eigenvalue weighted by Gasteiger charge is 2.16. The van der Waals surface area contributed by atoms with Crippen LogP contribution in [0.25, 0.3) is 0 Å². The summed E-state index contributed by atoms with van der Waals surface area (Å²) in [4.78, 5) is 0. The third-order valence-electron chi connectivity index (χ3n) is 0.907. The third-order valence-corrected chi connectivity index (χ3v) is 2.19. The zero-order chi connectivity index (χ0) is 5.28. The van der Waals surface area contributed by atoms with Gasteiger partial charge in [-0.25, -0.2) is 0 Å². The van der Waals surface area contributed by atoms with Crippen molar-refractivity contribution in [3.8, 4) is 0 Å². The molecule has 0 spiro atoms. The number of rotatable bonds is 0. The van der Waals surface area contributed by atoms with Gasteiger partial charge in [0, 0.05) is 6.92 Å². The summed E-state index contributed by atoms with van der Waals surface area (Å²) in [7, 11) is -1.10. The summed E-state index contributed by atoms with van der Waals surface area (Å²) >= 11 is 0. The van der Waals surface area contributed by atoms with Crippen molar-refractivity contribution in [3.05, 3.63) is 23.3 Å². The van der Waals surface area contributed by atoms with E-state index in [0.717, 1.165) is 5.31 Å². The Labute approximate surface area is 43.5 Å². The van der Waals surface area contributed by atoms with Crippen LogP contribution in [0, 0.1) is 0 Å². The van der Waals surface area contributed by atoms with E-state index in [2.05, 4.69) is 0 Å². The predicted molar refractivity (Wildman–Crippen MR) is 30.5 cm³/mol. The molecule has 36 valence electrons. The molecular formula is C5H6OP+. The van der Waals surface area contributed by atoms with Crippen LogP contribution in [-0.2, 0) is 4.57 Å². The van der Waals surface area contributed by atoms with Gasteiger partial charge in [0.05, 0.1) is 0 Å². The molecule has 0 saturated carbocycles. The molecule has 0 aromatic rings. The average molecular weight is 113 g/mol. The lowest BCUT2D eigenvalue weighted by atomic mass is 10.5.